The SMILES string of the molecule is CC[C@H](NC(=O)[C@H](C)Oc1ccc(OC)cc1)c1ccc(OC)c(C)c1. The van der Waals surface area contributed by atoms with Crippen molar-refractivity contribution in [3.8, 4) is 17.2 Å². The van der Waals surface area contributed by atoms with E-state index in [1.54, 1.807) is 45.4 Å². The highest BCUT2D eigenvalue weighted by Gasteiger charge is 2.20. The summed E-state index contributed by atoms with van der Waals surface area (Å²) < 4.78 is 16.1. The minimum Gasteiger partial charge on any atom is -0.497 e. The zero-order valence-electron chi connectivity index (χ0n) is 16.0. The molecule has 0 heterocycles. The van der Waals surface area contributed by atoms with Crippen LogP contribution in [0.3, 0.4) is 0 Å². The largest absolute Gasteiger partial charge is 0.497 e. The summed E-state index contributed by atoms with van der Waals surface area (Å²) in [5.74, 6) is 2.06. The first-order chi connectivity index (χ1) is 12.5. The fraction of sp³-hybridized carbons (Fsp3) is 0.381. The van der Waals surface area contributed by atoms with Gasteiger partial charge in [-0.05, 0) is 61.7 Å². The van der Waals surface area contributed by atoms with E-state index in [-0.39, 0.29) is 11.9 Å². The van der Waals surface area contributed by atoms with Crippen molar-refractivity contribution in [2.45, 2.75) is 39.3 Å². The third-order valence-electron chi connectivity index (χ3n) is 4.29. The lowest BCUT2D eigenvalue weighted by atomic mass is 10.0. The van der Waals surface area contributed by atoms with E-state index in [1.807, 2.05) is 32.0 Å². The molecule has 0 bridgehead atoms. The zero-order valence-corrected chi connectivity index (χ0v) is 16.0. The van der Waals surface area contributed by atoms with Gasteiger partial charge in [0.05, 0.1) is 20.3 Å². The fourth-order valence-electron chi connectivity index (χ4n) is 2.74. The van der Waals surface area contributed by atoms with Gasteiger partial charge in [-0.15, -0.1) is 0 Å². The molecule has 0 radical (unpaired) electrons. The summed E-state index contributed by atoms with van der Waals surface area (Å²) in [5, 5.41) is 3.06. The highest BCUT2D eigenvalue weighted by molar-refractivity contribution is 5.81. The first kappa shape index (κ1) is 19.6. The fourth-order valence-corrected chi connectivity index (χ4v) is 2.74. The molecule has 5 nitrogen and oxygen atoms in total. The van der Waals surface area contributed by atoms with Crippen molar-refractivity contribution in [2.75, 3.05) is 14.2 Å². The Morgan fingerprint density at radius 1 is 1.04 bits per heavy atom. The number of carbonyl (C=O) groups excluding carboxylic acids is 1. The van der Waals surface area contributed by atoms with Gasteiger partial charge in [-0.2, -0.15) is 0 Å². The smallest absolute Gasteiger partial charge is 0.261 e. The molecule has 0 unspecified atom stereocenters. The van der Waals surface area contributed by atoms with Crippen LogP contribution in [0.2, 0.25) is 0 Å². The molecule has 0 spiro atoms. The monoisotopic (exact) mass is 357 g/mol. The molecule has 0 aliphatic carbocycles. The molecule has 0 fully saturated rings. The molecule has 2 aromatic rings. The number of methoxy groups -OCH3 is 2. The maximum Gasteiger partial charge on any atom is 0.261 e. The van der Waals surface area contributed by atoms with Crippen molar-refractivity contribution in [1.29, 1.82) is 0 Å². The molecule has 26 heavy (non-hydrogen) atoms. The molecule has 0 saturated heterocycles. The molecule has 2 rings (SSSR count). The third-order valence-corrected chi connectivity index (χ3v) is 4.29. The molecule has 0 aliphatic heterocycles. The van der Waals surface area contributed by atoms with Crippen molar-refractivity contribution in [3.05, 3.63) is 53.6 Å². The summed E-state index contributed by atoms with van der Waals surface area (Å²) in [6, 6.07) is 13.0. The van der Waals surface area contributed by atoms with Crippen LogP contribution in [-0.4, -0.2) is 26.2 Å². The van der Waals surface area contributed by atoms with Gasteiger partial charge in [0.2, 0.25) is 0 Å². The Morgan fingerprint density at radius 3 is 2.23 bits per heavy atom. The Kier molecular flexibility index (Phi) is 6.89. The van der Waals surface area contributed by atoms with Crippen LogP contribution in [0, 0.1) is 6.92 Å². The molecule has 2 atom stereocenters. The number of rotatable bonds is 8. The van der Waals surface area contributed by atoms with Gasteiger partial charge in [-0.25, -0.2) is 0 Å². The number of benzene rings is 2. The van der Waals surface area contributed by atoms with Crippen LogP contribution in [0.4, 0.5) is 0 Å². The molecule has 0 aromatic heterocycles. The van der Waals surface area contributed by atoms with Gasteiger partial charge < -0.3 is 19.5 Å². The van der Waals surface area contributed by atoms with E-state index in [2.05, 4.69) is 5.32 Å². The molecular formula is C21H27NO4. The maximum absolute atomic E-state index is 12.5. The standard InChI is InChI=1S/C21H27NO4/c1-6-19(16-7-12-20(25-5)14(2)13-16)22-21(23)15(3)26-18-10-8-17(24-4)9-11-18/h7-13,15,19H,6H2,1-5H3,(H,22,23)/t15-,19-/m0/s1. The molecular weight excluding hydrogens is 330 g/mol. The molecule has 0 aliphatic rings. The van der Waals surface area contributed by atoms with Crippen molar-refractivity contribution < 1.29 is 19.0 Å². The van der Waals surface area contributed by atoms with Crippen molar-refractivity contribution in [2.24, 2.45) is 0 Å². The number of amides is 1. The molecule has 1 N–H and O–H groups in total. The first-order valence-electron chi connectivity index (χ1n) is 8.74. The van der Waals surface area contributed by atoms with E-state index in [1.165, 1.54) is 0 Å². The molecule has 1 amide bonds. The van der Waals surface area contributed by atoms with E-state index in [9.17, 15) is 4.79 Å². The molecule has 140 valence electrons. The first-order valence-corrected chi connectivity index (χ1v) is 8.74. The van der Waals surface area contributed by atoms with E-state index < -0.39 is 6.10 Å². The van der Waals surface area contributed by atoms with Crippen molar-refractivity contribution in [1.82, 2.24) is 5.32 Å². The average molecular weight is 357 g/mol. The van der Waals surface area contributed by atoms with Crippen molar-refractivity contribution in [3.63, 3.8) is 0 Å². The summed E-state index contributed by atoms with van der Waals surface area (Å²) in [6.45, 7) is 5.78. The van der Waals surface area contributed by atoms with E-state index in [0.717, 1.165) is 29.0 Å². The van der Waals surface area contributed by atoms with Crippen LogP contribution in [-0.2, 0) is 4.79 Å². The van der Waals surface area contributed by atoms with Crippen LogP contribution >= 0.6 is 0 Å². The van der Waals surface area contributed by atoms with E-state index in [4.69, 9.17) is 14.2 Å². The lowest BCUT2D eigenvalue weighted by Crippen LogP contribution is -2.38. The normalized spacial score (nSPS) is 12.8. The summed E-state index contributed by atoms with van der Waals surface area (Å²) in [6.07, 6.45) is 0.184. The lowest BCUT2D eigenvalue weighted by Gasteiger charge is -2.22. The van der Waals surface area contributed by atoms with Gasteiger partial charge >= 0.3 is 0 Å². The Hall–Kier alpha value is -2.69. The number of carbonyl (C=O) groups is 1. The molecule has 0 saturated carbocycles. The quantitative estimate of drug-likeness (QED) is 0.774. The van der Waals surface area contributed by atoms with Gasteiger partial charge in [0.25, 0.3) is 5.91 Å². The number of hydrogen-bond acceptors (Lipinski definition) is 4. The van der Waals surface area contributed by atoms with Crippen LogP contribution in [0.5, 0.6) is 17.2 Å². The molecule has 2 aromatic carbocycles. The number of nitrogens with one attached hydrogen (secondary N) is 1. The third kappa shape index (κ3) is 4.91. The highest BCUT2D eigenvalue weighted by Crippen LogP contribution is 2.24. The van der Waals surface area contributed by atoms with Crippen LogP contribution < -0.4 is 19.5 Å². The Balaban J connectivity index is 2.01. The Morgan fingerprint density at radius 2 is 1.69 bits per heavy atom. The van der Waals surface area contributed by atoms with Gasteiger partial charge in [-0.3, -0.25) is 4.79 Å². The van der Waals surface area contributed by atoms with Crippen molar-refractivity contribution >= 4 is 5.91 Å². The maximum atomic E-state index is 12.5. The zero-order chi connectivity index (χ0) is 19.1. The second-order valence-corrected chi connectivity index (χ2v) is 6.13. The number of hydrogen-bond donors (Lipinski definition) is 1. The van der Waals surface area contributed by atoms with Gasteiger partial charge in [-0.1, -0.05) is 19.1 Å². The summed E-state index contributed by atoms with van der Waals surface area (Å²) >= 11 is 0. The predicted molar refractivity (Wildman–Crippen MR) is 102 cm³/mol. The second kappa shape index (κ2) is 9.13. The Bertz CT molecular complexity index is 727. The topological polar surface area (TPSA) is 56.8 Å². The highest BCUT2D eigenvalue weighted by atomic mass is 16.5. The van der Waals surface area contributed by atoms with E-state index in [0.29, 0.717) is 5.75 Å². The minimum absolute atomic E-state index is 0.0750. The average Bonchev–Trinajstić information content (AvgIpc) is 2.66. The molecule has 5 heteroatoms. The van der Waals surface area contributed by atoms with Crippen LogP contribution in [0.25, 0.3) is 0 Å². The Labute approximate surface area is 155 Å². The van der Waals surface area contributed by atoms with Gasteiger partial charge in [0, 0.05) is 0 Å². The minimum atomic E-state index is -0.600. The second-order valence-electron chi connectivity index (χ2n) is 6.13. The van der Waals surface area contributed by atoms with Gasteiger partial charge in [0.1, 0.15) is 17.2 Å². The lowest BCUT2D eigenvalue weighted by molar-refractivity contribution is -0.128. The predicted octanol–water partition coefficient (Wildman–Crippen LogP) is 4.05. The summed E-state index contributed by atoms with van der Waals surface area (Å²) in [5.41, 5.74) is 2.09. The summed E-state index contributed by atoms with van der Waals surface area (Å²) in [4.78, 5) is 12.5. The van der Waals surface area contributed by atoms with Crippen LogP contribution in [0.15, 0.2) is 42.5 Å². The number of aryl methyl sites for hydroxylation is 1. The van der Waals surface area contributed by atoms with Gasteiger partial charge in [0.15, 0.2) is 6.10 Å². The van der Waals surface area contributed by atoms with E-state index >= 15 is 0 Å². The van der Waals surface area contributed by atoms with Crippen LogP contribution in [0.1, 0.15) is 37.4 Å². The number of ether oxygens (including phenoxy) is 3. The summed E-state index contributed by atoms with van der Waals surface area (Å²) in [7, 11) is 3.26.